The van der Waals surface area contributed by atoms with Crippen LogP contribution in [0.1, 0.15) is 16.1 Å². The average Bonchev–Trinajstić information content (AvgIpc) is 2.93. The fourth-order valence-electron chi connectivity index (χ4n) is 2.04. The van der Waals surface area contributed by atoms with E-state index in [0.717, 1.165) is 10.6 Å². The molecule has 0 saturated carbocycles. The lowest BCUT2D eigenvalue weighted by Gasteiger charge is -2.18. The Hall–Kier alpha value is -1.44. The zero-order chi connectivity index (χ0) is 15.6. The molecule has 0 spiro atoms. The number of ether oxygens (including phenoxy) is 1. The van der Waals surface area contributed by atoms with Gasteiger partial charge in [0.15, 0.2) is 0 Å². The summed E-state index contributed by atoms with van der Waals surface area (Å²) in [5.41, 5.74) is 1.47. The lowest BCUT2D eigenvalue weighted by Crippen LogP contribution is -2.27. The first-order valence-corrected chi connectivity index (χ1v) is 8.68. The summed E-state index contributed by atoms with van der Waals surface area (Å²) in [6.45, 7) is 3.87. The van der Waals surface area contributed by atoms with Gasteiger partial charge < -0.3 is 4.74 Å². The summed E-state index contributed by atoms with van der Waals surface area (Å²) < 4.78 is 31.9. The Morgan fingerprint density at radius 1 is 1.29 bits per heavy atom. The lowest BCUT2D eigenvalue weighted by molar-refractivity contribution is 0.410. The van der Waals surface area contributed by atoms with Crippen molar-refractivity contribution < 1.29 is 13.2 Å². The summed E-state index contributed by atoms with van der Waals surface area (Å²) in [4.78, 5) is 4.43. The van der Waals surface area contributed by atoms with Gasteiger partial charge in [-0.1, -0.05) is 0 Å². The highest BCUT2D eigenvalue weighted by Gasteiger charge is 2.24. The molecule has 0 amide bonds. The molecule has 0 fully saturated rings. The monoisotopic (exact) mass is 326 g/mol. The maximum Gasteiger partial charge on any atom is 0.243 e. The molecule has 1 heterocycles. The topological polar surface area (TPSA) is 59.5 Å². The van der Waals surface area contributed by atoms with Crippen LogP contribution in [0.3, 0.4) is 0 Å². The van der Waals surface area contributed by atoms with Crippen LogP contribution in [-0.2, 0) is 16.6 Å². The molecule has 0 atom stereocenters. The number of methoxy groups -OCH3 is 1. The average molecular weight is 326 g/mol. The van der Waals surface area contributed by atoms with Gasteiger partial charge in [-0.3, -0.25) is 0 Å². The van der Waals surface area contributed by atoms with Crippen molar-refractivity contribution in [3.05, 3.63) is 39.8 Å². The summed E-state index contributed by atoms with van der Waals surface area (Å²) >= 11 is 1.44. The Morgan fingerprint density at radius 2 is 2.00 bits per heavy atom. The minimum Gasteiger partial charge on any atom is -0.496 e. The quantitative estimate of drug-likeness (QED) is 0.847. The molecule has 0 aliphatic carbocycles. The zero-order valence-electron chi connectivity index (χ0n) is 12.5. The van der Waals surface area contributed by atoms with Gasteiger partial charge in [-0.15, -0.1) is 11.3 Å². The number of thiazole rings is 1. The molecule has 2 rings (SSSR count). The highest BCUT2D eigenvalue weighted by atomic mass is 32.2. The van der Waals surface area contributed by atoms with Crippen molar-refractivity contribution in [2.24, 2.45) is 0 Å². The fourth-order valence-corrected chi connectivity index (χ4v) is 4.21. The number of aromatic nitrogens is 1. The van der Waals surface area contributed by atoms with E-state index in [1.165, 1.54) is 15.6 Å². The van der Waals surface area contributed by atoms with Crippen molar-refractivity contribution in [3.8, 4) is 5.75 Å². The number of nitrogens with zero attached hydrogens (tertiary/aromatic N) is 2. The van der Waals surface area contributed by atoms with Gasteiger partial charge in [-0.05, 0) is 37.1 Å². The minimum atomic E-state index is -3.55. The number of hydrogen-bond acceptors (Lipinski definition) is 5. The minimum absolute atomic E-state index is 0.268. The van der Waals surface area contributed by atoms with Crippen molar-refractivity contribution in [1.82, 2.24) is 9.29 Å². The molecule has 2 aromatic rings. The van der Waals surface area contributed by atoms with Gasteiger partial charge in [0, 0.05) is 18.6 Å². The van der Waals surface area contributed by atoms with E-state index in [2.05, 4.69) is 4.98 Å². The summed E-state index contributed by atoms with van der Waals surface area (Å²) in [6.07, 6.45) is 1.67. The van der Waals surface area contributed by atoms with Gasteiger partial charge in [0.05, 0.1) is 18.6 Å². The van der Waals surface area contributed by atoms with Crippen molar-refractivity contribution in [2.75, 3.05) is 14.2 Å². The molecular formula is C14H18N2O3S2. The summed E-state index contributed by atoms with van der Waals surface area (Å²) in [5.74, 6) is 0.689. The smallest absolute Gasteiger partial charge is 0.243 e. The molecule has 7 heteroatoms. The van der Waals surface area contributed by atoms with E-state index < -0.39 is 10.0 Å². The van der Waals surface area contributed by atoms with E-state index in [1.54, 1.807) is 39.4 Å². The number of hydrogen-bond donors (Lipinski definition) is 0. The number of sulfonamides is 1. The van der Waals surface area contributed by atoms with Crippen molar-refractivity contribution in [1.29, 1.82) is 0 Å². The molecule has 5 nitrogen and oxygen atoms in total. The maximum atomic E-state index is 12.7. The molecule has 0 radical (unpaired) electrons. The second-order valence-corrected chi connectivity index (χ2v) is 7.77. The highest BCUT2D eigenvalue weighted by molar-refractivity contribution is 7.89. The molecule has 0 aliphatic heterocycles. The van der Waals surface area contributed by atoms with E-state index in [4.69, 9.17) is 4.74 Å². The lowest BCUT2D eigenvalue weighted by atomic mass is 10.1. The van der Waals surface area contributed by atoms with Crippen LogP contribution in [0.15, 0.2) is 28.6 Å². The molecule has 1 aromatic heterocycles. The van der Waals surface area contributed by atoms with Crippen LogP contribution in [0.4, 0.5) is 0 Å². The first-order valence-electron chi connectivity index (χ1n) is 6.36. The van der Waals surface area contributed by atoms with E-state index in [9.17, 15) is 8.42 Å². The van der Waals surface area contributed by atoms with Gasteiger partial charge in [0.25, 0.3) is 0 Å². The molecule has 1 aromatic carbocycles. The third kappa shape index (κ3) is 3.25. The molecule has 0 unspecified atom stereocenters. The van der Waals surface area contributed by atoms with Crippen LogP contribution in [0.2, 0.25) is 0 Å². The van der Waals surface area contributed by atoms with Crippen LogP contribution in [0.5, 0.6) is 5.75 Å². The normalized spacial score (nSPS) is 11.9. The Bertz CT molecular complexity index is 725. The van der Waals surface area contributed by atoms with Gasteiger partial charge in [-0.25, -0.2) is 13.4 Å². The second-order valence-electron chi connectivity index (χ2n) is 4.77. The summed E-state index contributed by atoms with van der Waals surface area (Å²) in [5, 5.41) is 2.60. The van der Waals surface area contributed by atoms with E-state index in [1.807, 2.05) is 12.3 Å². The molecule has 0 N–H and O–H groups in total. The number of benzene rings is 1. The van der Waals surface area contributed by atoms with Crippen LogP contribution >= 0.6 is 11.3 Å². The standard InChI is InChI=1S/C14H18N2O3S2/c1-10-8-13(11(2)7-12(10)19-4)21(17,18)16(3)9-14-15-5-6-20-14/h5-8H,9H2,1-4H3. The van der Waals surface area contributed by atoms with Gasteiger partial charge in [0.2, 0.25) is 10.0 Å². The second kappa shape index (κ2) is 6.13. The van der Waals surface area contributed by atoms with Crippen LogP contribution in [-0.4, -0.2) is 31.9 Å². The zero-order valence-corrected chi connectivity index (χ0v) is 14.1. The van der Waals surface area contributed by atoms with E-state index in [0.29, 0.717) is 16.2 Å². The summed E-state index contributed by atoms with van der Waals surface area (Å²) in [6, 6.07) is 3.40. The van der Waals surface area contributed by atoms with Gasteiger partial charge in [-0.2, -0.15) is 4.31 Å². The predicted octanol–water partition coefficient (Wildman–Crippen LogP) is 2.59. The van der Waals surface area contributed by atoms with E-state index in [-0.39, 0.29) is 6.54 Å². The van der Waals surface area contributed by atoms with Gasteiger partial charge in [0.1, 0.15) is 10.8 Å². The largest absolute Gasteiger partial charge is 0.496 e. The molecule has 0 aliphatic rings. The third-order valence-corrected chi connectivity index (χ3v) is 5.93. The highest BCUT2D eigenvalue weighted by Crippen LogP contribution is 2.28. The number of rotatable bonds is 5. The Kier molecular flexibility index (Phi) is 4.65. The van der Waals surface area contributed by atoms with E-state index >= 15 is 0 Å². The van der Waals surface area contributed by atoms with Crippen molar-refractivity contribution in [3.63, 3.8) is 0 Å². The fraction of sp³-hybridized carbons (Fsp3) is 0.357. The number of aryl methyl sites for hydroxylation is 2. The Morgan fingerprint density at radius 3 is 2.57 bits per heavy atom. The molecule has 114 valence electrons. The van der Waals surface area contributed by atoms with Crippen molar-refractivity contribution >= 4 is 21.4 Å². The SMILES string of the molecule is COc1cc(C)c(S(=O)(=O)N(C)Cc2nccs2)cc1C. The molecular weight excluding hydrogens is 308 g/mol. The van der Waals surface area contributed by atoms with Gasteiger partial charge >= 0.3 is 0 Å². The first-order chi connectivity index (χ1) is 9.86. The molecule has 0 bridgehead atoms. The molecule has 21 heavy (non-hydrogen) atoms. The molecule has 0 saturated heterocycles. The maximum absolute atomic E-state index is 12.7. The summed E-state index contributed by atoms with van der Waals surface area (Å²) in [7, 11) is -0.410. The Balaban J connectivity index is 2.37. The predicted molar refractivity (Wildman–Crippen MR) is 83.2 cm³/mol. The van der Waals surface area contributed by atoms with Crippen molar-refractivity contribution in [2.45, 2.75) is 25.3 Å². The van der Waals surface area contributed by atoms with Crippen LogP contribution in [0, 0.1) is 13.8 Å². The first kappa shape index (κ1) is 15.9. The third-order valence-electron chi connectivity index (χ3n) is 3.22. The van der Waals surface area contributed by atoms with Crippen LogP contribution < -0.4 is 4.74 Å². The Labute approximate surface area is 129 Å². The van der Waals surface area contributed by atoms with Crippen LogP contribution in [0.25, 0.3) is 0 Å².